The summed E-state index contributed by atoms with van der Waals surface area (Å²) in [6.45, 7) is 0. The average Bonchev–Trinajstić information content (AvgIpc) is 3.73. The van der Waals surface area contributed by atoms with Gasteiger partial charge in [-0.25, -0.2) is 0 Å². The van der Waals surface area contributed by atoms with E-state index < -0.39 is 0 Å². The van der Waals surface area contributed by atoms with E-state index in [0.29, 0.717) is 5.56 Å². The molecule has 2 aromatic heterocycles. The van der Waals surface area contributed by atoms with E-state index >= 15 is 0 Å². The normalized spacial score (nSPS) is 11.4. The molecule has 0 radical (unpaired) electrons. The summed E-state index contributed by atoms with van der Waals surface area (Å²) in [7, 11) is 0. The lowest BCUT2D eigenvalue weighted by Gasteiger charge is -2.21. The fourth-order valence-corrected chi connectivity index (χ4v) is 8.08. The SMILES string of the molecule is N#Cc1ccc2c(c1)c1ccccc1n2-c1ccc(-c2cccc(-c3ccccc3)c2-n2c3ccccc3c3ccccc32)cc1-c1ccccc1. The minimum absolute atomic E-state index is 0.657. The van der Waals surface area contributed by atoms with Crippen LogP contribution in [0.25, 0.3) is 88.4 Å². The van der Waals surface area contributed by atoms with Gasteiger partial charge >= 0.3 is 0 Å². The zero-order chi connectivity index (χ0) is 34.6. The zero-order valence-corrected chi connectivity index (χ0v) is 28.2. The van der Waals surface area contributed by atoms with Gasteiger partial charge in [-0.3, -0.25) is 0 Å². The zero-order valence-electron chi connectivity index (χ0n) is 28.2. The number of fused-ring (bicyclic) bond motifs is 6. The van der Waals surface area contributed by atoms with Crippen molar-refractivity contribution in [2.24, 2.45) is 0 Å². The highest BCUT2D eigenvalue weighted by atomic mass is 15.0. The van der Waals surface area contributed by atoms with E-state index in [1.807, 2.05) is 12.1 Å². The molecule has 0 N–H and O–H groups in total. The predicted molar refractivity (Wildman–Crippen MR) is 216 cm³/mol. The van der Waals surface area contributed by atoms with E-state index in [0.717, 1.165) is 55.4 Å². The number of aromatic nitrogens is 2. The van der Waals surface area contributed by atoms with Gasteiger partial charge in [-0.05, 0) is 65.2 Å². The maximum Gasteiger partial charge on any atom is 0.0991 e. The monoisotopic (exact) mass is 661 g/mol. The standard InChI is InChI=1S/C49H31N3/c50-32-33-26-28-48-43(30-33)41-20-9-10-23-44(41)51(48)47-29-27-36(31-42(47)35-16-5-2-6-17-35)38-22-13-21-37(34-14-3-1-4-15-34)49(38)52-45-24-11-7-18-39(45)40-19-8-12-25-46(40)52/h1-31H. The summed E-state index contributed by atoms with van der Waals surface area (Å²) in [4.78, 5) is 0. The second-order valence-electron chi connectivity index (χ2n) is 13.2. The maximum absolute atomic E-state index is 9.77. The molecule has 0 fully saturated rings. The second kappa shape index (κ2) is 12.0. The van der Waals surface area contributed by atoms with Gasteiger partial charge in [0.25, 0.3) is 0 Å². The molecule has 10 rings (SSSR count). The number of benzene rings is 8. The molecule has 242 valence electrons. The molecule has 3 heteroatoms. The number of nitriles is 1. The topological polar surface area (TPSA) is 33.6 Å². The highest BCUT2D eigenvalue weighted by Crippen LogP contribution is 2.44. The molecule has 10 aromatic rings. The van der Waals surface area contributed by atoms with Gasteiger partial charge in [0.05, 0.1) is 45.1 Å². The van der Waals surface area contributed by atoms with Crippen LogP contribution in [0.5, 0.6) is 0 Å². The van der Waals surface area contributed by atoms with Gasteiger partial charge in [0.2, 0.25) is 0 Å². The second-order valence-corrected chi connectivity index (χ2v) is 13.2. The molecule has 8 aromatic carbocycles. The Balaban J connectivity index is 1.30. The lowest BCUT2D eigenvalue weighted by molar-refractivity contribution is 1.17. The third kappa shape index (κ3) is 4.59. The van der Waals surface area contributed by atoms with Crippen molar-refractivity contribution in [1.82, 2.24) is 9.13 Å². The molecule has 0 aliphatic carbocycles. The first-order valence-electron chi connectivity index (χ1n) is 17.6. The van der Waals surface area contributed by atoms with E-state index in [1.165, 1.54) is 32.9 Å². The molecule has 52 heavy (non-hydrogen) atoms. The van der Waals surface area contributed by atoms with Crippen molar-refractivity contribution in [3.8, 4) is 50.8 Å². The van der Waals surface area contributed by atoms with Gasteiger partial charge in [-0.15, -0.1) is 0 Å². The van der Waals surface area contributed by atoms with Crippen LogP contribution in [0.2, 0.25) is 0 Å². The number of hydrogen-bond donors (Lipinski definition) is 0. The molecule has 0 saturated carbocycles. The Hall–Kier alpha value is -7.15. The van der Waals surface area contributed by atoms with Crippen LogP contribution in [-0.4, -0.2) is 9.13 Å². The van der Waals surface area contributed by atoms with Crippen molar-refractivity contribution < 1.29 is 0 Å². The molecule has 0 unspecified atom stereocenters. The summed E-state index contributed by atoms with van der Waals surface area (Å²) in [5, 5.41) is 14.4. The molecule has 0 spiro atoms. The fourth-order valence-electron chi connectivity index (χ4n) is 8.08. The third-order valence-electron chi connectivity index (χ3n) is 10.4. The van der Waals surface area contributed by atoms with Crippen LogP contribution in [0.4, 0.5) is 0 Å². The number of rotatable bonds is 5. The molecule has 2 heterocycles. The van der Waals surface area contributed by atoms with Gasteiger partial charge in [0.1, 0.15) is 0 Å². The van der Waals surface area contributed by atoms with Crippen molar-refractivity contribution in [2.75, 3.05) is 0 Å². The molecule has 0 aliphatic rings. The van der Waals surface area contributed by atoms with Crippen molar-refractivity contribution in [2.45, 2.75) is 0 Å². The van der Waals surface area contributed by atoms with Crippen LogP contribution in [-0.2, 0) is 0 Å². The highest BCUT2D eigenvalue weighted by Gasteiger charge is 2.22. The first-order valence-corrected chi connectivity index (χ1v) is 17.6. The lowest BCUT2D eigenvalue weighted by Crippen LogP contribution is -2.02. The summed E-state index contributed by atoms with van der Waals surface area (Å²) >= 11 is 0. The molecule has 0 atom stereocenters. The van der Waals surface area contributed by atoms with Gasteiger partial charge < -0.3 is 9.13 Å². The van der Waals surface area contributed by atoms with Crippen LogP contribution in [0.3, 0.4) is 0 Å². The Labute approximate surface area is 301 Å². The Bertz CT molecular complexity index is 2960. The Morgan fingerprint density at radius 3 is 1.46 bits per heavy atom. The molecule has 0 aliphatic heterocycles. The Kier molecular flexibility index (Phi) is 6.87. The molecule has 0 amide bonds. The molecule has 0 bridgehead atoms. The number of para-hydroxylation sites is 4. The summed E-state index contributed by atoms with van der Waals surface area (Å²) in [6.07, 6.45) is 0. The third-order valence-corrected chi connectivity index (χ3v) is 10.4. The maximum atomic E-state index is 9.77. The minimum Gasteiger partial charge on any atom is -0.309 e. The van der Waals surface area contributed by atoms with Gasteiger partial charge in [-0.1, -0.05) is 140 Å². The first-order chi connectivity index (χ1) is 25.8. The van der Waals surface area contributed by atoms with Crippen LogP contribution in [0.15, 0.2) is 188 Å². The van der Waals surface area contributed by atoms with E-state index in [-0.39, 0.29) is 0 Å². The molecular weight excluding hydrogens is 631 g/mol. The van der Waals surface area contributed by atoms with E-state index in [4.69, 9.17) is 0 Å². The first kappa shape index (κ1) is 29.7. The largest absolute Gasteiger partial charge is 0.309 e. The summed E-state index contributed by atoms with van der Waals surface area (Å²) in [5.41, 5.74) is 14.3. The predicted octanol–water partition coefficient (Wildman–Crippen LogP) is 12.8. The van der Waals surface area contributed by atoms with Crippen LogP contribution in [0.1, 0.15) is 5.56 Å². The van der Waals surface area contributed by atoms with Gasteiger partial charge in [0.15, 0.2) is 0 Å². The molecule has 3 nitrogen and oxygen atoms in total. The van der Waals surface area contributed by atoms with Gasteiger partial charge in [0, 0.05) is 38.2 Å². The van der Waals surface area contributed by atoms with Crippen molar-refractivity contribution in [3.63, 3.8) is 0 Å². The Morgan fingerprint density at radius 1 is 0.346 bits per heavy atom. The average molecular weight is 662 g/mol. The summed E-state index contributed by atoms with van der Waals surface area (Å²) < 4.78 is 4.81. The molecular formula is C49H31N3. The van der Waals surface area contributed by atoms with E-state index in [1.54, 1.807) is 0 Å². The number of hydrogen-bond acceptors (Lipinski definition) is 1. The van der Waals surface area contributed by atoms with Crippen LogP contribution >= 0.6 is 0 Å². The number of nitrogens with zero attached hydrogens (tertiary/aromatic N) is 3. The minimum atomic E-state index is 0.657. The van der Waals surface area contributed by atoms with Crippen LogP contribution in [0, 0.1) is 11.3 Å². The van der Waals surface area contributed by atoms with Crippen molar-refractivity contribution in [1.29, 1.82) is 5.26 Å². The quantitative estimate of drug-likeness (QED) is 0.181. The Morgan fingerprint density at radius 2 is 0.846 bits per heavy atom. The van der Waals surface area contributed by atoms with Gasteiger partial charge in [-0.2, -0.15) is 5.26 Å². The highest BCUT2D eigenvalue weighted by molar-refractivity contribution is 6.12. The summed E-state index contributed by atoms with van der Waals surface area (Å²) in [5.74, 6) is 0. The fraction of sp³-hybridized carbons (Fsp3) is 0. The molecule has 0 saturated heterocycles. The van der Waals surface area contributed by atoms with E-state index in [2.05, 4.69) is 191 Å². The van der Waals surface area contributed by atoms with E-state index in [9.17, 15) is 5.26 Å². The van der Waals surface area contributed by atoms with Crippen molar-refractivity contribution >= 4 is 43.6 Å². The van der Waals surface area contributed by atoms with Crippen LogP contribution < -0.4 is 0 Å². The van der Waals surface area contributed by atoms with Crippen molar-refractivity contribution in [3.05, 3.63) is 194 Å². The smallest absolute Gasteiger partial charge is 0.0991 e. The lowest BCUT2D eigenvalue weighted by atomic mass is 9.92. The summed E-state index contributed by atoms with van der Waals surface area (Å²) in [6, 6.07) is 69.3.